The summed E-state index contributed by atoms with van der Waals surface area (Å²) in [4.78, 5) is 16.8. The molecule has 0 aromatic heterocycles. The van der Waals surface area contributed by atoms with Gasteiger partial charge in [0.15, 0.2) is 0 Å². The van der Waals surface area contributed by atoms with Gasteiger partial charge in [0, 0.05) is 56.4 Å². The van der Waals surface area contributed by atoms with Crippen LogP contribution in [0, 0.1) is 0 Å². The van der Waals surface area contributed by atoms with Crippen molar-refractivity contribution in [2.75, 3.05) is 44.7 Å². The summed E-state index contributed by atoms with van der Waals surface area (Å²) in [5.74, 6) is 0.963. The molecule has 3 rings (SSSR count). The second-order valence-corrected chi connectivity index (χ2v) is 7.12. The molecule has 1 fully saturated rings. The van der Waals surface area contributed by atoms with E-state index >= 15 is 0 Å². The molecule has 5 nitrogen and oxygen atoms in total. The lowest BCUT2D eigenvalue weighted by molar-refractivity contribution is -0.121. The van der Waals surface area contributed by atoms with Gasteiger partial charge in [0.25, 0.3) is 0 Å². The van der Waals surface area contributed by atoms with Crippen LogP contribution in [0.5, 0.6) is 5.75 Å². The van der Waals surface area contributed by atoms with Crippen molar-refractivity contribution in [3.8, 4) is 5.75 Å². The van der Waals surface area contributed by atoms with Crippen LogP contribution in [-0.2, 0) is 11.3 Å². The third kappa shape index (κ3) is 5.88. The first-order valence-corrected chi connectivity index (χ1v) is 9.64. The van der Waals surface area contributed by atoms with Crippen LogP contribution in [0.25, 0.3) is 0 Å². The maximum atomic E-state index is 12.1. The molecule has 0 atom stereocenters. The number of amides is 1. The lowest BCUT2D eigenvalue weighted by atomic mass is 10.2. The fraction of sp³-hybridized carbons (Fsp3) is 0.381. The van der Waals surface area contributed by atoms with Gasteiger partial charge in [-0.1, -0.05) is 23.7 Å². The van der Waals surface area contributed by atoms with Crippen molar-refractivity contribution in [3.63, 3.8) is 0 Å². The van der Waals surface area contributed by atoms with Gasteiger partial charge in [-0.05, 0) is 42.0 Å². The second kappa shape index (κ2) is 9.62. The maximum Gasteiger partial charge on any atom is 0.221 e. The number of hydrogen-bond donors (Lipinski definition) is 1. The summed E-state index contributed by atoms with van der Waals surface area (Å²) < 4.78 is 5.21. The van der Waals surface area contributed by atoms with E-state index < -0.39 is 0 Å². The lowest BCUT2D eigenvalue weighted by Gasteiger charge is -2.36. The molecular formula is C21H26ClN3O2. The summed E-state index contributed by atoms with van der Waals surface area (Å²) in [6.45, 7) is 5.22. The lowest BCUT2D eigenvalue weighted by Crippen LogP contribution is -2.47. The first-order valence-electron chi connectivity index (χ1n) is 9.26. The Morgan fingerprint density at radius 3 is 2.33 bits per heavy atom. The summed E-state index contributed by atoms with van der Waals surface area (Å²) in [7, 11) is 1.68. The van der Waals surface area contributed by atoms with E-state index in [1.54, 1.807) is 7.11 Å². The Morgan fingerprint density at radius 1 is 1.04 bits per heavy atom. The molecule has 1 saturated heterocycles. The number of carbonyl (C=O) groups is 1. The number of nitrogens with zero attached hydrogens (tertiary/aromatic N) is 2. The fourth-order valence-corrected chi connectivity index (χ4v) is 3.30. The average molecular weight is 388 g/mol. The van der Waals surface area contributed by atoms with Crippen LogP contribution in [-0.4, -0.2) is 50.6 Å². The highest BCUT2D eigenvalue weighted by Crippen LogP contribution is 2.20. The number of ether oxygens (including phenoxy) is 1. The van der Waals surface area contributed by atoms with Crippen LogP contribution in [0.1, 0.15) is 12.0 Å². The molecule has 27 heavy (non-hydrogen) atoms. The van der Waals surface area contributed by atoms with Crippen LogP contribution >= 0.6 is 11.6 Å². The number of nitrogens with one attached hydrogen (secondary N) is 1. The Bertz CT molecular complexity index is 726. The smallest absolute Gasteiger partial charge is 0.221 e. The zero-order chi connectivity index (χ0) is 19.1. The predicted octanol–water partition coefficient (Wildman–Crippen LogP) is 3.18. The first-order chi connectivity index (χ1) is 13.1. The number of rotatable bonds is 7. The largest absolute Gasteiger partial charge is 0.497 e. The van der Waals surface area contributed by atoms with Gasteiger partial charge in [0.1, 0.15) is 5.75 Å². The van der Waals surface area contributed by atoms with E-state index in [1.807, 2.05) is 36.4 Å². The zero-order valence-electron chi connectivity index (χ0n) is 15.7. The molecule has 1 aliphatic heterocycles. The predicted molar refractivity (Wildman–Crippen MR) is 110 cm³/mol. The molecule has 0 radical (unpaired) electrons. The van der Waals surface area contributed by atoms with Gasteiger partial charge in [-0.25, -0.2) is 0 Å². The van der Waals surface area contributed by atoms with Gasteiger partial charge in [0.2, 0.25) is 5.91 Å². The molecule has 0 aliphatic carbocycles. The Kier molecular flexibility index (Phi) is 6.96. The van der Waals surface area contributed by atoms with E-state index in [4.69, 9.17) is 16.3 Å². The molecule has 0 saturated carbocycles. The Hall–Kier alpha value is -2.24. The number of hydrogen-bond acceptors (Lipinski definition) is 4. The maximum absolute atomic E-state index is 12.1. The van der Waals surface area contributed by atoms with Crippen molar-refractivity contribution >= 4 is 23.2 Å². The minimum absolute atomic E-state index is 0.0857. The van der Waals surface area contributed by atoms with Crippen LogP contribution in [0.3, 0.4) is 0 Å². The molecule has 6 heteroatoms. The van der Waals surface area contributed by atoms with Crippen molar-refractivity contribution in [2.24, 2.45) is 0 Å². The van der Waals surface area contributed by atoms with Crippen LogP contribution in [0.2, 0.25) is 5.02 Å². The first kappa shape index (κ1) is 19.5. The SMILES string of the molecule is COc1ccc(N2CCN(CCC(=O)NCc3ccc(Cl)cc3)CC2)cc1. The third-order valence-electron chi connectivity index (χ3n) is 4.87. The molecule has 1 heterocycles. The van der Waals surface area contributed by atoms with Gasteiger partial charge < -0.3 is 15.0 Å². The number of methoxy groups -OCH3 is 1. The minimum Gasteiger partial charge on any atom is -0.497 e. The van der Waals surface area contributed by atoms with Gasteiger partial charge in [-0.15, -0.1) is 0 Å². The summed E-state index contributed by atoms with van der Waals surface area (Å²) in [5, 5.41) is 3.68. The molecule has 2 aromatic carbocycles. The molecule has 1 amide bonds. The van der Waals surface area contributed by atoms with Crippen LogP contribution in [0.4, 0.5) is 5.69 Å². The fourth-order valence-electron chi connectivity index (χ4n) is 3.17. The van der Waals surface area contributed by atoms with E-state index in [9.17, 15) is 4.79 Å². The van der Waals surface area contributed by atoms with E-state index in [1.165, 1.54) is 5.69 Å². The highest BCUT2D eigenvalue weighted by atomic mass is 35.5. The quantitative estimate of drug-likeness (QED) is 0.792. The van der Waals surface area contributed by atoms with Gasteiger partial charge >= 0.3 is 0 Å². The van der Waals surface area contributed by atoms with E-state index in [0.29, 0.717) is 18.0 Å². The summed E-state index contributed by atoms with van der Waals surface area (Å²) in [6, 6.07) is 15.7. The van der Waals surface area contributed by atoms with Crippen molar-refractivity contribution < 1.29 is 9.53 Å². The monoisotopic (exact) mass is 387 g/mol. The van der Waals surface area contributed by atoms with Gasteiger partial charge in [-0.2, -0.15) is 0 Å². The highest BCUT2D eigenvalue weighted by Gasteiger charge is 2.17. The van der Waals surface area contributed by atoms with Crippen molar-refractivity contribution in [1.29, 1.82) is 0 Å². The number of halogens is 1. The topological polar surface area (TPSA) is 44.8 Å². The number of piperazine rings is 1. The molecule has 0 bridgehead atoms. The molecule has 0 unspecified atom stereocenters. The van der Waals surface area contributed by atoms with Crippen LogP contribution in [0.15, 0.2) is 48.5 Å². The summed E-state index contributed by atoms with van der Waals surface area (Å²) >= 11 is 5.87. The number of anilines is 1. The molecule has 0 spiro atoms. The van der Waals surface area contributed by atoms with Crippen molar-refractivity contribution in [3.05, 3.63) is 59.1 Å². The molecule has 2 aromatic rings. The average Bonchev–Trinajstić information content (AvgIpc) is 2.72. The van der Waals surface area contributed by atoms with Crippen molar-refractivity contribution in [1.82, 2.24) is 10.2 Å². The Labute approximate surface area is 165 Å². The Morgan fingerprint density at radius 2 is 1.70 bits per heavy atom. The number of benzene rings is 2. The highest BCUT2D eigenvalue weighted by molar-refractivity contribution is 6.30. The normalized spacial score (nSPS) is 14.8. The minimum atomic E-state index is 0.0857. The molecule has 1 aliphatic rings. The summed E-state index contributed by atoms with van der Waals surface area (Å²) in [6.07, 6.45) is 0.524. The zero-order valence-corrected chi connectivity index (χ0v) is 16.4. The van der Waals surface area contributed by atoms with Gasteiger partial charge in [0.05, 0.1) is 7.11 Å². The molecule has 144 valence electrons. The third-order valence-corrected chi connectivity index (χ3v) is 5.12. The second-order valence-electron chi connectivity index (χ2n) is 6.68. The summed E-state index contributed by atoms with van der Waals surface area (Å²) in [5.41, 5.74) is 2.28. The van der Waals surface area contributed by atoms with E-state index in [-0.39, 0.29) is 5.91 Å². The van der Waals surface area contributed by atoms with E-state index in [2.05, 4.69) is 27.2 Å². The Balaban J connectivity index is 1.36. The standard InChI is InChI=1S/C21H26ClN3O2/c1-27-20-8-6-19(7-9-20)25-14-12-24(13-15-25)11-10-21(26)23-16-17-2-4-18(22)5-3-17/h2-9H,10-16H2,1H3,(H,23,26). The van der Waals surface area contributed by atoms with Crippen LogP contribution < -0.4 is 15.0 Å². The molecule has 1 N–H and O–H groups in total. The van der Waals surface area contributed by atoms with E-state index in [0.717, 1.165) is 44.0 Å². The number of carbonyl (C=O) groups excluding carboxylic acids is 1. The molecular weight excluding hydrogens is 362 g/mol. The van der Waals surface area contributed by atoms with Gasteiger partial charge in [-0.3, -0.25) is 9.69 Å². The van der Waals surface area contributed by atoms with Crippen molar-refractivity contribution in [2.45, 2.75) is 13.0 Å².